The van der Waals surface area contributed by atoms with Gasteiger partial charge in [0.2, 0.25) is 5.91 Å². The van der Waals surface area contributed by atoms with Gasteiger partial charge < -0.3 is 20.6 Å². The molecule has 0 aromatic rings. The Labute approximate surface area is 126 Å². The molecule has 1 amide bonds. The van der Waals surface area contributed by atoms with E-state index in [4.69, 9.17) is 0 Å². The summed E-state index contributed by atoms with van der Waals surface area (Å²) >= 11 is 0. The number of carbonyl (C=O) groups is 2. The van der Waals surface area contributed by atoms with Crippen molar-refractivity contribution in [3.63, 3.8) is 0 Å². The zero-order valence-corrected chi connectivity index (χ0v) is 12.8. The molecule has 3 unspecified atom stereocenters. The molecule has 6 heteroatoms. The average Bonchev–Trinajstić information content (AvgIpc) is 2.87. The highest BCUT2D eigenvalue weighted by molar-refractivity contribution is 5.85. The monoisotopic (exact) mass is 297 g/mol. The molecular weight excluding hydrogens is 270 g/mol. The molecule has 1 aliphatic heterocycles. The number of piperazine rings is 1. The van der Waals surface area contributed by atoms with Crippen LogP contribution >= 0.6 is 0 Å². The van der Waals surface area contributed by atoms with Gasteiger partial charge in [-0.15, -0.1) is 0 Å². The molecule has 2 rings (SSSR count). The maximum atomic E-state index is 12.2. The van der Waals surface area contributed by atoms with Gasteiger partial charge in [0, 0.05) is 32.7 Å². The standard InChI is InChI=1S/C15H27N3O3/c1-11-9-12(13(10-11)15(20)21)14(19)17-3-2-6-18-7-4-16-5-8-18/h11-13,16H,2-10H2,1H3,(H,17,19)(H,20,21). The summed E-state index contributed by atoms with van der Waals surface area (Å²) in [7, 11) is 0. The normalized spacial score (nSPS) is 30.2. The maximum Gasteiger partial charge on any atom is 0.307 e. The summed E-state index contributed by atoms with van der Waals surface area (Å²) in [5.41, 5.74) is 0. The summed E-state index contributed by atoms with van der Waals surface area (Å²) in [6.45, 7) is 7.85. The molecule has 2 aliphatic rings. The van der Waals surface area contributed by atoms with E-state index in [2.05, 4.69) is 15.5 Å². The van der Waals surface area contributed by atoms with Gasteiger partial charge in [0.15, 0.2) is 0 Å². The number of amides is 1. The predicted octanol–water partition coefficient (Wildman–Crippen LogP) is 0.145. The Morgan fingerprint density at radius 1 is 1.24 bits per heavy atom. The summed E-state index contributed by atoms with van der Waals surface area (Å²) in [6, 6.07) is 0. The highest BCUT2D eigenvalue weighted by atomic mass is 16.4. The molecule has 2 fully saturated rings. The van der Waals surface area contributed by atoms with Gasteiger partial charge in [0.1, 0.15) is 0 Å². The van der Waals surface area contributed by atoms with E-state index < -0.39 is 11.9 Å². The Kier molecular flexibility index (Phi) is 5.99. The molecule has 1 heterocycles. The van der Waals surface area contributed by atoms with E-state index in [1.807, 2.05) is 6.92 Å². The first-order valence-corrected chi connectivity index (χ1v) is 8.01. The number of carboxylic acids is 1. The third-order valence-corrected chi connectivity index (χ3v) is 4.61. The van der Waals surface area contributed by atoms with Gasteiger partial charge in [-0.1, -0.05) is 6.92 Å². The second-order valence-electron chi connectivity index (χ2n) is 6.36. The van der Waals surface area contributed by atoms with Crippen molar-refractivity contribution < 1.29 is 14.7 Å². The van der Waals surface area contributed by atoms with Crippen molar-refractivity contribution >= 4 is 11.9 Å². The second-order valence-corrected chi connectivity index (χ2v) is 6.36. The minimum atomic E-state index is -0.833. The summed E-state index contributed by atoms with van der Waals surface area (Å²) in [6.07, 6.45) is 2.24. The molecule has 0 aromatic carbocycles. The Morgan fingerprint density at radius 3 is 2.57 bits per heavy atom. The second kappa shape index (κ2) is 7.75. The molecular formula is C15H27N3O3. The average molecular weight is 297 g/mol. The smallest absolute Gasteiger partial charge is 0.307 e. The van der Waals surface area contributed by atoms with E-state index in [-0.39, 0.29) is 11.8 Å². The highest BCUT2D eigenvalue weighted by Crippen LogP contribution is 2.36. The van der Waals surface area contributed by atoms with Gasteiger partial charge >= 0.3 is 5.97 Å². The van der Waals surface area contributed by atoms with Crippen LogP contribution in [0.5, 0.6) is 0 Å². The fourth-order valence-corrected chi connectivity index (χ4v) is 3.43. The Hall–Kier alpha value is -1.14. The van der Waals surface area contributed by atoms with Crippen molar-refractivity contribution in [1.29, 1.82) is 0 Å². The van der Waals surface area contributed by atoms with Gasteiger partial charge in [0.25, 0.3) is 0 Å². The van der Waals surface area contributed by atoms with Crippen molar-refractivity contribution in [1.82, 2.24) is 15.5 Å². The van der Waals surface area contributed by atoms with Gasteiger partial charge in [-0.25, -0.2) is 0 Å². The first-order valence-electron chi connectivity index (χ1n) is 8.01. The highest BCUT2D eigenvalue weighted by Gasteiger charge is 2.40. The number of nitrogens with zero attached hydrogens (tertiary/aromatic N) is 1. The number of hydrogen-bond donors (Lipinski definition) is 3. The lowest BCUT2D eigenvalue weighted by molar-refractivity contribution is -0.146. The largest absolute Gasteiger partial charge is 0.481 e. The minimum absolute atomic E-state index is 0.0768. The number of nitrogens with one attached hydrogen (secondary N) is 2. The molecule has 6 nitrogen and oxygen atoms in total. The number of rotatable bonds is 6. The predicted molar refractivity (Wildman–Crippen MR) is 80.0 cm³/mol. The van der Waals surface area contributed by atoms with E-state index in [0.717, 1.165) is 39.1 Å². The molecule has 0 radical (unpaired) electrons. The molecule has 1 aliphatic carbocycles. The molecule has 0 bridgehead atoms. The van der Waals surface area contributed by atoms with Crippen LogP contribution in [-0.2, 0) is 9.59 Å². The molecule has 21 heavy (non-hydrogen) atoms. The fraction of sp³-hybridized carbons (Fsp3) is 0.867. The molecule has 3 N–H and O–H groups in total. The van der Waals surface area contributed by atoms with Crippen LogP contribution in [0.1, 0.15) is 26.2 Å². The Morgan fingerprint density at radius 2 is 1.90 bits per heavy atom. The SMILES string of the molecule is CC1CC(C(=O)O)C(C(=O)NCCCN2CCNCC2)C1. The summed E-state index contributed by atoms with van der Waals surface area (Å²) in [4.78, 5) is 25.8. The zero-order valence-electron chi connectivity index (χ0n) is 12.8. The molecule has 1 saturated carbocycles. The number of aliphatic carboxylic acids is 1. The van der Waals surface area contributed by atoms with Crippen LogP contribution in [0.4, 0.5) is 0 Å². The van der Waals surface area contributed by atoms with Crippen LogP contribution in [0.3, 0.4) is 0 Å². The lowest BCUT2D eigenvalue weighted by Gasteiger charge is -2.27. The molecule has 1 saturated heterocycles. The van der Waals surface area contributed by atoms with Gasteiger partial charge in [-0.3, -0.25) is 9.59 Å². The number of carbonyl (C=O) groups excluding carboxylic acids is 1. The van der Waals surface area contributed by atoms with Gasteiger partial charge in [-0.2, -0.15) is 0 Å². The van der Waals surface area contributed by atoms with Crippen LogP contribution in [-0.4, -0.2) is 61.2 Å². The van der Waals surface area contributed by atoms with E-state index in [1.54, 1.807) is 0 Å². The van der Waals surface area contributed by atoms with Crippen LogP contribution in [0, 0.1) is 17.8 Å². The van der Waals surface area contributed by atoms with Crippen molar-refractivity contribution in [2.75, 3.05) is 39.3 Å². The van der Waals surface area contributed by atoms with E-state index in [9.17, 15) is 14.7 Å². The van der Waals surface area contributed by atoms with Gasteiger partial charge in [0.05, 0.1) is 11.8 Å². The van der Waals surface area contributed by atoms with Crippen molar-refractivity contribution in [3.05, 3.63) is 0 Å². The van der Waals surface area contributed by atoms with Crippen LogP contribution in [0.2, 0.25) is 0 Å². The zero-order chi connectivity index (χ0) is 15.2. The first-order chi connectivity index (χ1) is 10.1. The molecule has 0 spiro atoms. The van der Waals surface area contributed by atoms with Gasteiger partial charge in [-0.05, 0) is 31.7 Å². The number of hydrogen-bond acceptors (Lipinski definition) is 4. The lowest BCUT2D eigenvalue weighted by Crippen LogP contribution is -2.44. The van der Waals surface area contributed by atoms with Crippen LogP contribution < -0.4 is 10.6 Å². The summed E-state index contributed by atoms with van der Waals surface area (Å²) < 4.78 is 0. The van der Waals surface area contributed by atoms with Crippen molar-refractivity contribution in [2.24, 2.45) is 17.8 Å². The quantitative estimate of drug-likeness (QED) is 0.608. The maximum absolute atomic E-state index is 12.2. The third-order valence-electron chi connectivity index (χ3n) is 4.61. The molecule has 0 aromatic heterocycles. The van der Waals surface area contributed by atoms with Crippen molar-refractivity contribution in [3.8, 4) is 0 Å². The fourth-order valence-electron chi connectivity index (χ4n) is 3.43. The number of carboxylic acid groups (broad SMARTS) is 1. The lowest BCUT2D eigenvalue weighted by atomic mass is 9.95. The molecule has 3 atom stereocenters. The third kappa shape index (κ3) is 4.68. The Bertz CT molecular complexity index is 369. The first kappa shape index (κ1) is 16.2. The van der Waals surface area contributed by atoms with Crippen LogP contribution in [0.25, 0.3) is 0 Å². The van der Waals surface area contributed by atoms with E-state index in [1.165, 1.54) is 0 Å². The molecule has 120 valence electrons. The topological polar surface area (TPSA) is 81.7 Å². The van der Waals surface area contributed by atoms with Crippen LogP contribution in [0.15, 0.2) is 0 Å². The van der Waals surface area contributed by atoms with E-state index in [0.29, 0.717) is 25.3 Å². The van der Waals surface area contributed by atoms with Crippen molar-refractivity contribution in [2.45, 2.75) is 26.2 Å². The summed E-state index contributed by atoms with van der Waals surface area (Å²) in [5.74, 6) is -1.44. The van der Waals surface area contributed by atoms with E-state index >= 15 is 0 Å². The summed E-state index contributed by atoms with van der Waals surface area (Å²) in [5, 5.41) is 15.4. The Balaban J connectivity index is 1.67. The minimum Gasteiger partial charge on any atom is -0.481 e.